The maximum absolute atomic E-state index is 11.5. The molecule has 0 saturated heterocycles. The number of allylic oxidation sites excluding steroid dienone is 1. The molecule has 0 aromatic heterocycles. The molecule has 0 atom stereocenters. The highest BCUT2D eigenvalue weighted by Crippen LogP contribution is 2.28. The van der Waals surface area contributed by atoms with Crippen molar-refractivity contribution in [2.24, 2.45) is 0 Å². The Labute approximate surface area is 131 Å². The zero-order chi connectivity index (χ0) is 16.0. The Bertz CT molecular complexity index is 753. The molecular formula is C17H19NO3S. The molecule has 0 heterocycles. The lowest BCUT2D eigenvalue weighted by atomic mass is 10.2. The van der Waals surface area contributed by atoms with E-state index in [1.165, 1.54) is 0 Å². The summed E-state index contributed by atoms with van der Waals surface area (Å²) < 4.78 is 31.3. The summed E-state index contributed by atoms with van der Waals surface area (Å²) in [5, 5.41) is 0. The van der Waals surface area contributed by atoms with Crippen LogP contribution in [0.4, 0.5) is 5.69 Å². The minimum atomic E-state index is -3.37. The molecule has 0 fully saturated rings. The summed E-state index contributed by atoms with van der Waals surface area (Å²) in [6, 6.07) is 15.1. The van der Waals surface area contributed by atoms with Crippen molar-refractivity contribution in [3.05, 3.63) is 65.7 Å². The van der Waals surface area contributed by atoms with Gasteiger partial charge in [0.05, 0.1) is 11.9 Å². The van der Waals surface area contributed by atoms with E-state index in [4.69, 9.17) is 4.74 Å². The molecule has 2 rings (SSSR count). The van der Waals surface area contributed by atoms with Crippen LogP contribution in [0, 0.1) is 0 Å². The van der Waals surface area contributed by atoms with E-state index in [-0.39, 0.29) is 0 Å². The van der Waals surface area contributed by atoms with E-state index in [0.717, 1.165) is 17.4 Å². The van der Waals surface area contributed by atoms with Gasteiger partial charge in [0.25, 0.3) is 0 Å². The van der Waals surface area contributed by atoms with Crippen LogP contribution in [0.3, 0.4) is 0 Å². The van der Waals surface area contributed by atoms with Crippen LogP contribution in [-0.4, -0.2) is 14.7 Å². The molecule has 22 heavy (non-hydrogen) atoms. The maximum Gasteiger partial charge on any atom is 0.229 e. The average Bonchev–Trinajstić information content (AvgIpc) is 2.46. The predicted octanol–water partition coefficient (Wildman–Crippen LogP) is 3.67. The standard InChI is InChI=1S/C17H19NO3S/c1-3-7-14-10-11-17(16(12-14)18-22(2,19)20)21-13-15-8-5-4-6-9-15/h3-12,18H,13H2,1-2H3. The van der Waals surface area contributed by atoms with E-state index in [0.29, 0.717) is 18.0 Å². The van der Waals surface area contributed by atoms with Gasteiger partial charge in [-0.3, -0.25) is 4.72 Å². The zero-order valence-corrected chi connectivity index (χ0v) is 13.4. The highest BCUT2D eigenvalue weighted by atomic mass is 32.2. The summed E-state index contributed by atoms with van der Waals surface area (Å²) >= 11 is 0. The molecule has 0 aliphatic heterocycles. The van der Waals surface area contributed by atoms with Gasteiger partial charge in [0.1, 0.15) is 12.4 Å². The Morgan fingerprint density at radius 1 is 1.14 bits per heavy atom. The van der Waals surface area contributed by atoms with Crippen molar-refractivity contribution in [1.29, 1.82) is 0 Å². The first-order valence-electron chi connectivity index (χ1n) is 6.89. The van der Waals surface area contributed by atoms with E-state index < -0.39 is 10.0 Å². The molecule has 1 N–H and O–H groups in total. The molecule has 5 heteroatoms. The summed E-state index contributed by atoms with van der Waals surface area (Å²) in [6.45, 7) is 2.28. The van der Waals surface area contributed by atoms with Crippen molar-refractivity contribution in [3.8, 4) is 5.75 Å². The van der Waals surface area contributed by atoms with Gasteiger partial charge in [0.2, 0.25) is 10.0 Å². The molecule has 0 aliphatic carbocycles. The van der Waals surface area contributed by atoms with Crippen molar-refractivity contribution in [2.45, 2.75) is 13.5 Å². The smallest absolute Gasteiger partial charge is 0.229 e. The van der Waals surface area contributed by atoms with Crippen LogP contribution in [0.2, 0.25) is 0 Å². The molecule has 0 saturated carbocycles. The van der Waals surface area contributed by atoms with E-state index >= 15 is 0 Å². The minimum Gasteiger partial charge on any atom is -0.487 e. The minimum absolute atomic E-state index is 0.377. The van der Waals surface area contributed by atoms with Crippen LogP contribution in [0.1, 0.15) is 18.1 Å². The number of sulfonamides is 1. The first-order valence-corrected chi connectivity index (χ1v) is 8.78. The lowest BCUT2D eigenvalue weighted by Gasteiger charge is -2.13. The molecule has 0 bridgehead atoms. The molecule has 0 spiro atoms. The van der Waals surface area contributed by atoms with E-state index in [1.54, 1.807) is 12.1 Å². The summed E-state index contributed by atoms with van der Waals surface area (Å²) in [4.78, 5) is 0. The Kier molecular flexibility index (Phi) is 5.22. The summed E-state index contributed by atoms with van der Waals surface area (Å²) in [5.41, 5.74) is 2.36. The van der Waals surface area contributed by atoms with Crippen LogP contribution in [0.15, 0.2) is 54.6 Å². The maximum atomic E-state index is 11.5. The fourth-order valence-corrected chi connectivity index (χ4v) is 2.54. The van der Waals surface area contributed by atoms with E-state index in [1.807, 2.05) is 55.5 Å². The van der Waals surface area contributed by atoms with Crippen LogP contribution in [-0.2, 0) is 16.6 Å². The first-order chi connectivity index (χ1) is 10.5. The van der Waals surface area contributed by atoms with Crippen LogP contribution in [0.5, 0.6) is 5.75 Å². The third-order valence-electron chi connectivity index (χ3n) is 2.90. The van der Waals surface area contributed by atoms with E-state index in [9.17, 15) is 8.42 Å². The third kappa shape index (κ3) is 4.93. The fraction of sp³-hybridized carbons (Fsp3) is 0.176. The fourth-order valence-electron chi connectivity index (χ4n) is 1.98. The lowest BCUT2D eigenvalue weighted by molar-refractivity contribution is 0.308. The molecule has 0 unspecified atom stereocenters. The normalized spacial score (nSPS) is 11.5. The molecular weight excluding hydrogens is 298 g/mol. The van der Waals surface area contributed by atoms with Crippen molar-refractivity contribution in [2.75, 3.05) is 11.0 Å². The largest absolute Gasteiger partial charge is 0.487 e. The molecule has 4 nitrogen and oxygen atoms in total. The van der Waals surface area contributed by atoms with Crippen molar-refractivity contribution < 1.29 is 13.2 Å². The van der Waals surface area contributed by atoms with Gasteiger partial charge in [0, 0.05) is 0 Å². The van der Waals surface area contributed by atoms with Gasteiger partial charge in [0.15, 0.2) is 0 Å². The monoisotopic (exact) mass is 317 g/mol. The van der Waals surface area contributed by atoms with E-state index in [2.05, 4.69) is 4.72 Å². The summed E-state index contributed by atoms with van der Waals surface area (Å²) in [5.74, 6) is 0.502. The molecule has 0 aliphatic rings. The number of rotatable bonds is 6. The third-order valence-corrected chi connectivity index (χ3v) is 3.49. The topological polar surface area (TPSA) is 55.4 Å². The second-order valence-electron chi connectivity index (χ2n) is 4.90. The summed E-state index contributed by atoms with van der Waals surface area (Å²) in [6.07, 6.45) is 4.91. The van der Waals surface area contributed by atoms with Gasteiger partial charge in [-0.05, 0) is 30.2 Å². The van der Waals surface area contributed by atoms with Gasteiger partial charge in [-0.2, -0.15) is 0 Å². The quantitative estimate of drug-likeness (QED) is 0.884. The Morgan fingerprint density at radius 3 is 2.50 bits per heavy atom. The molecule has 0 radical (unpaired) electrons. The Balaban J connectivity index is 2.25. The number of benzene rings is 2. The van der Waals surface area contributed by atoms with Gasteiger partial charge >= 0.3 is 0 Å². The Morgan fingerprint density at radius 2 is 1.86 bits per heavy atom. The first kappa shape index (κ1) is 16.1. The zero-order valence-electron chi connectivity index (χ0n) is 12.6. The number of hydrogen-bond donors (Lipinski definition) is 1. The summed E-state index contributed by atoms with van der Waals surface area (Å²) in [7, 11) is -3.37. The molecule has 116 valence electrons. The molecule has 0 amide bonds. The second kappa shape index (κ2) is 7.13. The molecule has 2 aromatic carbocycles. The van der Waals surface area contributed by atoms with Gasteiger partial charge in [-0.15, -0.1) is 0 Å². The number of ether oxygens (including phenoxy) is 1. The van der Waals surface area contributed by atoms with Crippen molar-refractivity contribution >= 4 is 21.8 Å². The predicted molar refractivity (Wildman–Crippen MR) is 90.4 cm³/mol. The number of nitrogens with one attached hydrogen (secondary N) is 1. The van der Waals surface area contributed by atoms with Gasteiger partial charge < -0.3 is 4.74 Å². The highest BCUT2D eigenvalue weighted by Gasteiger charge is 2.09. The lowest BCUT2D eigenvalue weighted by Crippen LogP contribution is -2.11. The van der Waals surface area contributed by atoms with Crippen LogP contribution in [0.25, 0.3) is 6.08 Å². The second-order valence-corrected chi connectivity index (χ2v) is 6.65. The van der Waals surface area contributed by atoms with Crippen LogP contribution >= 0.6 is 0 Å². The SMILES string of the molecule is CC=Cc1ccc(OCc2ccccc2)c(NS(C)(=O)=O)c1. The molecule has 2 aromatic rings. The highest BCUT2D eigenvalue weighted by molar-refractivity contribution is 7.92. The number of anilines is 1. The average molecular weight is 317 g/mol. The Hall–Kier alpha value is -2.27. The van der Waals surface area contributed by atoms with Crippen molar-refractivity contribution in [1.82, 2.24) is 0 Å². The number of hydrogen-bond acceptors (Lipinski definition) is 3. The van der Waals surface area contributed by atoms with Crippen LogP contribution < -0.4 is 9.46 Å². The van der Waals surface area contributed by atoms with Crippen molar-refractivity contribution in [3.63, 3.8) is 0 Å². The van der Waals surface area contributed by atoms with Gasteiger partial charge in [-0.25, -0.2) is 8.42 Å². The van der Waals surface area contributed by atoms with Gasteiger partial charge in [-0.1, -0.05) is 48.6 Å².